The van der Waals surface area contributed by atoms with E-state index in [9.17, 15) is 14.7 Å². The van der Waals surface area contributed by atoms with Crippen LogP contribution in [0.3, 0.4) is 0 Å². The van der Waals surface area contributed by atoms with Gasteiger partial charge in [-0.25, -0.2) is 14.6 Å². The number of rotatable bonds is 3. The van der Waals surface area contributed by atoms with Crippen molar-refractivity contribution < 1.29 is 19.8 Å². The third-order valence-corrected chi connectivity index (χ3v) is 4.75. The molecule has 110 valence electrons. The number of pyridine rings is 1. The van der Waals surface area contributed by atoms with Gasteiger partial charge >= 0.3 is 11.9 Å². The molecular weight excluding hydrogens is 292 g/mol. The highest BCUT2D eigenvalue weighted by Crippen LogP contribution is 2.32. The maximum Gasteiger partial charge on any atom is 0.356 e. The van der Waals surface area contributed by atoms with Gasteiger partial charge in [-0.15, -0.1) is 0 Å². The maximum atomic E-state index is 11.3. The summed E-state index contributed by atoms with van der Waals surface area (Å²) < 4.78 is 1.63. The van der Waals surface area contributed by atoms with Crippen molar-refractivity contribution in [3.63, 3.8) is 0 Å². The summed E-state index contributed by atoms with van der Waals surface area (Å²) in [7, 11) is 0. The number of thioether (sulfide) groups is 1. The minimum atomic E-state index is -1.09. The van der Waals surface area contributed by atoms with Crippen LogP contribution in [0.25, 0.3) is 5.52 Å². The molecule has 0 aromatic carbocycles. The van der Waals surface area contributed by atoms with Crippen LogP contribution in [0.1, 0.15) is 45.4 Å². The Bertz CT molecular complexity index is 719. The number of nitrogens with zero attached hydrogens (tertiary/aromatic N) is 2. The minimum absolute atomic E-state index is 0.0137. The summed E-state index contributed by atoms with van der Waals surface area (Å²) in [6.07, 6.45) is 3.33. The van der Waals surface area contributed by atoms with Gasteiger partial charge in [0.15, 0.2) is 5.69 Å². The molecule has 1 aliphatic heterocycles. The maximum absolute atomic E-state index is 11.3. The van der Waals surface area contributed by atoms with E-state index >= 15 is 0 Å². The lowest BCUT2D eigenvalue weighted by atomic mass is 10.0. The van der Waals surface area contributed by atoms with Crippen molar-refractivity contribution in [2.24, 2.45) is 0 Å². The van der Waals surface area contributed by atoms with Crippen LogP contribution in [-0.2, 0) is 0 Å². The van der Waals surface area contributed by atoms with Crippen molar-refractivity contribution in [2.75, 3.05) is 11.5 Å². The van der Waals surface area contributed by atoms with Gasteiger partial charge in [0.1, 0.15) is 5.82 Å². The number of imidazole rings is 1. The quantitative estimate of drug-likeness (QED) is 0.904. The molecule has 2 aromatic rings. The number of carboxylic acid groups (broad SMARTS) is 2. The van der Waals surface area contributed by atoms with Gasteiger partial charge in [0, 0.05) is 12.1 Å². The average Bonchev–Trinajstić information content (AvgIpc) is 2.87. The van der Waals surface area contributed by atoms with Crippen LogP contribution in [0, 0.1) is 0 Å². The number of hydrogen-bond acceptors (Lipinski definition) is 4. The molecule has 0 atom stereocenters. The predicted octanol–water partition coefficient (Wildman–Crippen LogP) is 2.34. The molecule has 0 radical (unpaired) electrons. The second-order valence-electron chi connectivity index (χ2n) is 4.99. The molecule has 1 aliphatic rings. The fraction of sp³-hybridized carbons (Fsp3) is 0.357. The number of carboxylic acids is 2. The van der Waals surface area contributed by atoms with Gasteiger partial charge in [0.05, 0.1) is 11.1 Å². The Hall–Kier alpha value is -2.02. The lowest BCUT2D eigenvalue weighted by Gasteiger charge is -2.20. The Labute approximate surface area is 124 Å². The van der Waals surface area contributed by atoms with Crippen LogP contribution in [-0.4, -0.2) is 43.0 Å². The topological polar surface area (TPSA) is 91.9 Å². The molecule has 0 unspecified atom stereocenters. The van der Waals surface area contributed by atoms with Crippen molar-refractivity contribution >= 4 is 29.2 Å². The normalized spacial score (nSPS) is 16.2. The third kappa shape index (κ3) is 2.49. The first kappa shape index (κ1) is 13.9. The molecule has 3 heterocycles. The van der Waals surface area contributed by atoms with Crippen LogP contribution < -0.4 is 0 Å². The molecule has 21 heavy (non-hydrogen) atoms. The van der Waals surface area contributed by atoms with Crippen molar-refractivity contribution in [1.29, 1.82) is 0 Å². The summed E-state index contributed by atoms with van der Waals surface area (Å²) in [6.45, 7) is 0. The molecular formula is C14H14N2O4S. The van der Waals surface area contributed by atoms with Gasteiger partial charge in [0.25, 0.3) is 0 Å². The van der Waals surface area contributed by atoms with E-state index in [2.05, 4.69) is 4.98 Å². The SMILES string of the molecule is O=C(O)c1ccc2c(C(=O)O)nc(C3CCSCC3)n2c1. The molecule has 6 nitrogen and oxygen atoms in total. The highest BCUT2D eigenvalue weighted by molar-refractivity contribution is 7.99. The molecule has 0 saturated carbocycles. The predicted molar refractivity (Wildman–Crippen MR) is 78.4 cm³/mol. The molecule has 3 rings (SSSR count). The highest BCUT2D eigenvalue weighted by atomic mass is 32.2. The van der Waals surface area contributed by atoms with E-state index < -0.39 is 11.9 Å². The van der Waals surface area contributed by atoms with Crippen LogP contribution in [0.5, 0.6) is 0 Å². The summed E-state index contributed by atoms with van der Waals surface area (Å²) in [5.41, 5.74) is 0.559. The lowest BCUT2D eigenvalue weighted by Crippen LogP contribution is -2.12. The largest absolute Gasteiger partial charge is 0.478 e. The second kappa shape index (κ2) is 5.40. The Morgan fingerprint density at radius 2 is 1.90 bits per heavy atom. The van der Waals surface area contributed by atoms with Gasteiger partial charge in [-0.2, -0.15) is 11.8 Å². The molecule has 0 spiro atoms. The van der Waals surface area contributed by atoms with E-state index in [1.807, 2.05) is 11.8 Å². The highest BCUT2D eigenvalue weighted by Gasteiger charge is 2.25. The van der Waals surface area contributed by atoms with E-state index in [-0.39, 0.29) is 17.2 Å². The first-order valence-corrected chi connectivity index (χ1v) is 7.79. The van der Waals surface area contributed by atoms with Crippen molar-refractivity contribution in [3.05, 3.63) is 35.4 Å². The van der Waals surface area contributed by atoms with Gasteiger partial charge in [0.2, 0.25) is 0 Å². The van der Waals surface area contributed by atoms with Gasteiger partial charge in [-0.05, 0) is 36.5 Å². The lowest BCUT2D eigenvalue weighted by molar-refractivity contribution is 0.0684. The van der Waals surface area contributed by atoms with E-state index in [4.69, 9.17) is 5.11 Å². The van der Waals surface area contributed by atoms with E-state index in [0.29, 0.717) is 11.3 Å². The van der Waals surface area contributed by atoms with Crippen LogP contribution in [0.2, 0.25) is 0 Å². The summed E-state index contributed by atoms with van der Waals surface area (Å²) in [4.78, 5) is 26.7. The number of aromatic nitrogens is 2. The summed E-state index contributed by atoms with van der Waals surface area (Å²) in [6, 6.07) is 2.92. The molecule has 2 N–H and O–H groups in total. The summed E-state index contributed by atoms with van der Waals surface area (Å²) in [5, 5.41) is 18.4. The number of fused-ring (bicyclic) bond motifs is 1. The molecule has 2 aromatic heterocycles. The Kier molecular flexibility index (Phi) is 3.59. The first-order chi connectivity index (χ1) is 10.1. The molecule has 0 bridgehead atoms. The van der Waals surface area contributed by atoms with Gasteiger partial charge < -0.3 is 14.6 Å². The molecule has 1 saturated heterocycles. The Balaban J connectivity index is 2.18. The van der Waals surface area contributed by atoms with E-state index in [0.717, 1.165) is 24.3 Å². The van der Waals surface area contributed by atoms with Crippen LogP contribution in [0.4, 0.5) is 0 Å². The van der Waals surface area contributed by atoms with Gasteiger partial charge in [-0.3, -0.25) is 0 Å². The minimum Gasteiger partial charge on any atom is -0.478 e. The monoisotopic (exact) mass is 306 g/mol. The number of hydrogen-bond donors (Lipinski definition) is 2. The standard InChI is InChI=1S/C14H14N2O4S/c17-13(18)9-1-2-10-11(14(19)20)15-12(16(10)7-9)8-3-5-21-6-4-8/h1-2,7-8H,3-6H2,(H,17,18)(H,19,20). The summed E-state index contributed by atoms with van der Waals surface area (Å²) in [5.74, 6) is 0.739. The zero-order chi connectivity index (χ0) is 15.0. The summed E-state index contributed by atoms with van der Waals surface area (Å²) >= 11 is 1.87. The fourth-order valence-corrected chi connectivity index (χ4v) is 3.74. The van der Waals surface area contributed by atoms with Crippen molar-refractivity contribution in [3.8, 4) is 0 Å². The second-order valence-corrected chi connectivity index (χ2v) is 6.21. The van der Waals surface area contributed by atoms with Crippen molar-refractivity contribution in [1.82, 2.24) is 9.38 Å². The van der Waals surface area contributed by atoms with Crippen LogP contribution in [0.15, 0.2) is 18.3 Å². The van der Waals surface area contributed by atoms with Crippen molar-refractivity contribution in [2.45, 2.75) is 18.8 Å². The Morgan fingerprint density at radius 3 is 2.52 bits per heavy atom. The number of aromatic carboxylic acids is 2. The fourth-order valence-electron chi connectivity index (χ4n) is 2.64. The zero-order valence-corrected chi connectivity index (χ0v) is 12.0. The Morgan fingerprint density at radius 1 is 1.19 bits per heavy atom. The molecule has 1 fully saturated rings. The van der Waals surface area contributed by atoms with E-state index in [1.165, 1.54) is 18.3 Å². The third-order valence-electron chi connectivity index (χ3n) is 3.70. The molecule has 7 heteroatoms. The smallest absolute Gasteiger partial charge is 0.356 e. The van der Waals surface area contributed by atoms with E-state index in [1.54, 1.807) is 4.40 Å². The number of carbonyl (C=O) groups is 2. The zero-order valence-electron chi connectivity index (χ0n) is 11.2. The van der Waals surface area contributed by atoms with Gasteiger partial charge in [-0.1, -0.05) is 0 Å². The van der Waals surface area contributed by atoms with Crippen LogP contribution >= 0.6 is 11.8 Å². The molecule has 0 aliphatic carbocycles. The average molecular weight is 306 g/mol. The molecule has 0 amide bonds. The first-order valence-electron chi connectivity index (χ1n) is 6.64.